The summed E-state index contributed by atoms with van der Waals surface area (Å²) in [4.78, 5) is 35.5. The van der Waals surface area contributed by atoms with Crippen molar-refractivity contribution < 1.29 is 81.8 Å². The van der Waals surface area contributed by atoms with Gasteiger partial charge in [-0.05, 0) is 177 Å². The van der Waals surface area contributed by atoms with E-state index in [1.807, 2.05) is 27.7 Å². The molecule has 2 unspecified atom stereocenters. The zero-order valence-electron chi connectivity index (χ0n) is 59.8. The summed E-state index contributed by atoms with van der Waals surface area (Å²) in [6.07, 6.45) is 0.530. The predicted molar refractivity (Wildman–Crippen MR) is 398 cm³/mol. The molecular weight excluding hydrogens is 1440 g/mol. The van der Waals surface area contributed by atoms with Crippen LogP contribution in [0.1, 0.15) is 88.6 Å². The third-order valence-corrected chi connectivity index (χ3v) is 21.8. The molecule has 12 aromatic rings. The molecule has 3 aliphatic heterocycles. The summed E-state index contributed by atoms with van der Waals surface area (Å²) in [5.74, 6) is -1.31. The Morgan fingerprint density at radius 3 is 1.42 bits per heavy atom. The Balaban J connectivity index is 0.000000150. The molecule has 6 aromatic carbocycles. The van der Waals surface area contributed by atoms with E-state index in [0.29, 0.717) is 106 Å². The summed E-state index contributed by atoms with van der Waals surface area (Å²) in [5.41, 5.74) is 2.69. The number of hydrogen-bond acceptors (Lipinski definition) is 16. The molecule has 2 atom stereocenters. The number of carbonyl (C=O) groups excluding carboxylic acids is 2. The van der Waals surface area contributed by atoms with Crippen LogP contribution in [0.15, 0.2) is 154 Å². The van der Waals surface area contributed by atoms with Gasteiger partial charge < -0.3 is 57.6 Å². The minimum absolute atomic E-state index is 0.166. The van der Waals surface area contributed by atoms with Gasteiger partial charge in [-0.2, -0.15) is 0 Å². The lowest BCUT2D eigenvalue weighted by Gasteiger charge is -2.36. The van der Waals surface area contributed by atoms with E-state index in [0.717, 1.165) is 21.1 Å². The van der Waals surface area contributed by atoms with E-state index in [2.05, 4.69) is 15.6 Å². The number of benzene rings is 6. The molecule has 9 heterocycles. The summed E-state index contributed by atoms with van der Waals surface area (Å²) >= 11 is 6.00. The minimum Gasteiger partial charge on any atom is -0.465 e. The molecule has 3 aliphatic rings. The number of furan rings is 2. The fraction of sp³-hybridized carbons (Fsp3) is 0.263. The highest BCUT2D eigenvalue weighted by Gasteiger charge is 2.53. The van der Waals surface area contributed by atoms with Crippen LogP contribution in [-0.2, 0) is 29.4 Å². The predicted octanol–water partition coefficient (Wildman–Crippen LogP) is 13.9. The second-order valence-electron chi connectivity index (χ2n) is 28.0. The first-order valence-electron chi connectivity index (χ1n) is 33.2. The number of aromatic nitrogens is 4. The topological polar surface area (TPSA) is 272 Å². The van der Waals surface area contributed by atoms with Crippen molar-refractivity contribution >= 4 is 111 Å². The van der Waals surface area contributed by atoms with Crippen LogP contribution in [0.2, 0.25) is 5.15 Å². The van der Waals surface area contributed by atoms with Crippen LogP contribution in [0.5, 0.6) is 11.5 Å². The van der Waals surface area contributed by atoms with Crippen molar-refractivity contribution in [2.24, 2.45) is 0 Å². The SMILES string of the molecule is CC(C)(O)C1Oc2ccc(Cl)nc2-c2cc3c(F)cccc3n21.CNC(=O)c1c(-c2ccc(F)cc2)oc2cc(N(C)S(C)(=O)=O)c(-c3ccc4c(n3)-c3cc5c(F)cccc5n3C(C(C)(C)O)O4)cc12.CNC(=O)c1c(-c2ccc(F)cc2)oc2cc(N(C)S(C)(=O)=O)c(B3OC(C)(C)C(C)(C)O3)cc12. The number of anilines is 2. The van der Waals surface area contributed by atoms with Crippen molar-refractivity contribution in [2.75, 3.05) is 49.3 Å². The van der Waals surface area contributed by atoms with Crippen molar-refractivity contribution in [1.82, 2.24) is 29.7 Å². The number of ether oxygens (including phenoxy) is 2. The molecule has 0 spiro atoms. The van der Waals surface area contributed by atoms with E-state index >= 15 is 4.39 Å². The van der Waals surface area contributed by atoms with E-state index in [9.17, 15) is 49.8 Å². The number of carbonyl (C=O) groups is 2. The molecule has 6 aromatic heterocycles. The first kappa shape index (κ1) is 74.0. The second kappa shape index (κ2) is 26.6. The highest BCUT2D eigenvalue weighted by molar-refractivity contribution is 7.92. The lowest BCUT2D eigenvalue weighted by molar-refractivity contribution is -0.0733. The molecular formula is C76H72BClF4N8O14S2. The highest BCUT2D eigenvalue weighted by atomic mass is 35.5. The molecule has 30 heteroatoms. The number of aliphatic hydroxyl groups is 2. The molecule has 0 saturated carbocycles. The first-order valence-corrected chi connectivity index (χ1v) is 37.2. The third-order valence-electron chi connectivity index (χ3n) is 19.2. The molecule has 22 nitrogen and oxygen atoms in total. The molecule has 1 saturated heterocycles. The van der Waals surface area contributed by atoms with Crippen LogP contribution < -0.4 is 34.2 Å². The zero-order chi connectivity index (χ0) is 76.6. The standard InChI is InChI=1S/C35H30F2N4O6S.C24H28BFN2O6S.C17H14ClFN2O2/c1-35(2,43)34-41-25-8-6-7-23(37)20(25)16-27(41)31-28(47-34)14-13-24(39-31)21-15-22-29(17-26(21)40(4)48(5,44)45)46-32(30(22)33(42)38-3)18-9-11-19(36)12-10-18;1-23(2)24(3,4)34-25(33-23)17-12-16-19(13-18(17)28(6)35(7,30)31)32-21(20(16)22(29)27-5)14-8-10-15(26)11-9-14;1-17(2,22)16-21-11-5-3-4-10(19)9(11)8-12(21)15-13(23-16)6-7-14(18)20-15/h6-17,34,43H,1-5H3,(H,38,42);8-13H,1-7H3,(H,27,29);3-8,16,22H,1-2H3. The number of nitrogens with zero attached hydrogens (tertiary/aromatic N) is 6. The Labute approximate surface area is 612 Å². The first-order chi connectivity index (χ1) is 49.7. The maximum Gasteiger partial charge on any atom is 0.497 e. The minimum atomic E-state index is -3.80. The zero-order valence-corrected chi connectivity index (χ0v) is 62.2. The fourth-order valence-electron chi connectivity index (χ4n) is 13.0. The highest BCUT2D eigenvalue weighted by Crippen LogP contribution is 2.50. The number of sulfonamides is 2. The summed E-state index contributed by atoms with van der Waals surface area (Å²) in [7, 11) is -2.58. The Morgan fingerprint density at radius 2 is 0.981 bits per heavy atom. The van der Waals surface area contributed by atoms with Crippen LogP contribution in [0, 0.1) is 23.3 Å². The van der Waals surface area contributed by atoms with Gasteiger partial charge in [-0.15, -0.1) is 0 Å². The normalized spacial score (nSPS) is 15.8. The van der Waals surface area contributed by atoms with E-state index in [-0.39, 0.29) is 45.3 Å². The molecule has 106 heavy (non-hydrogen) atoms. The largest absolute Gasteiger partial charge is 0.497 e. The van der Waals surface area contributed by atoms with Gasteiger partial charge in [0.05, 0.1) is 74.3 Å². The van der Waals surface area contributed by atoms with Crippen LogP contribution in [0.4, 0.5) is 28.9 Å². The Kier molecular flexibility index (Phi) is 18.6. The molecule has 15 rings (SSSR count). The van der Waals surface area contributed by atoms with Crippen molar-refractivity contribution in [3.63, 3.8) is 0 Å². The lowest BCUT2D eigenvalue weighted by Crippen LogP contribution is -2.41. The summed E-state index contributed by atoms with van der Waals surface area (Å²) in [6, 6.07) is 36.8. The van der Waals surface area contributed by atoms with Gasteiger partial charge in [0.2, 0.25) is 32.5 Å². The molecule has 0 radical (unpaired) electrons. The van der Waals surface area contributed by atoms with Crippen molar-refractivity contribution in [3.05, 3.63) is 185 Å². The Hall–Kier alpha value is -10.3. The van der Waals surface area contributed by atoms with Crippen LogP contribution in [-0.4, -0.2) is 128 Å². The van der Waals surface area contributed by atoms with Gasteiger partial charge in [0, 0.05) is 84.0 Å². The van der Waals surface area contributed by atoms with Crippen LogP contribution in [0.25, 0.3) is 100 Å². The molecule has 550 valence electrons. The van der Waals surface area contributed by atoms with Gasteiger partial charge in [0.25, 0.3) is 11.8 Å². The van der Waals surface area contributed by atoms with Gasteiger partial charge >= 0.3 is 7.12 Å². The van der Waals surface area contributed by atoms with Gasteiger partial charge in [-0.1, -0.05) is 23.7 Å². The third kappa shape index (κ3) is 13.2. The summed E-state index contributed by atoms with van der Waals surface area (Å²) in [5, 5.41) is 28.7. The fourth-order valence-corrected chi connectivity index (χ4v) is 14.2. The van der Waals surface area contributed by atoms with Gasteiger partial charge in [0.1, 0.15) is 85.2 Å². The van der Waals surface area contributed by atoms with Crippen molar-refractivity contribution in [2.45, 2.75) is 90.2 Å². The molecule has 0 aliphatic carbocycles. The number of rotatable bonds is 12. The quantitative estimate of drug-likeness (QED) is 0.0503. The maximum absolute atomic E-state index is 15.0. The monoisotopic (exact) mass is 1510 g/mol. The summed E-state index contributed by atoms with van der Waals surface area (Å²) in [6.45, 7) is 14.1. The molecule has 2 amide bonds. The van der Waals surface area contributed by atoms with Gasteiger partial charge in [0.15, 0.2) is 0 Å². The van der Waals surface area contributed by atoms with Gasteiger partial charge in [-0.25, -0.2) is 44.4 Å². The molecule has 4 N–H and O–H groups in total. The molecule has 1 fully saturated rings. The lowest BCUT2D eigenvalue weighted by atomic mass is 9.77. The number of halogens is 5. The number of nitrogens with one attached hydrogen (secondary N) is 2. The number of hydrogen-bond donors (Lipinski definition) is 4. The van der Waals surface area contributed by atoms with Crippen molar-refractivity contribution in [1.29, 1.82) is 0 Å². The Morgan fingerprint density at radius 1 is 0.566 bits per heavy atom. The van der Waals surface area contributed by atoms with E-state index in [4.69, 9.17) is 44.2 Å². The maximum atomic E-state index is 15.0. The number of amides is 2. The van der Waals surface area contributed by atoms with E-state index < -0.39 is 91.3 Å². The van der Waals surface area contributed by atoms with Crippen LogP contribution in [0.3, 0.4) is 0 Å². The number of pyridine rings is 2. The van der Waals surface area contributed by atoms with Crippen LogP contribution >= 0.6 is 11.6 Å². The summed E-state index contributed by atoms with van der Waals surface area (Å²) < 4.78 is 150. The number of fused-ring (bicyclic) bond motifs is 12. The Bertz CT molecular complexity index is 5800. The average molecular weight is 1510 g/mol. The smallest absolute Gasteiger partial charge is 0.465 e. The second-order valence-corrected chi connectivity index (χ2v) is 32.4. The van der Waals surface area contributed by atoms with E-state index in [1.54, 1.807) is 116 Å². The van der Waals surface area contributed by atoms with E-state index in [1.165, 1.54) is 94.9 Å². The van der Waals surface area contributed by atoms with Crippen molar-refractivity contribution in [3.8, 4) is 68.2 Å². The van der Waals surface area contributed by atoms with Gasteiger partial charge in [-0.3, -0.25) is 18.2 Å². The average Bonchev–Trinajstić information content (AvgIpc) is 1.48. The molecule has 0 bridgehead atoms.